The number of benzene rings is 1. The second-order valence-corrected chi connectivity index (χ2v) is 7.86. The van der Waals surface area contributed by atoms with Crippen LogP contribution in [0.5, 0.6) is 0 Å². The van der Waals surface area contributed by atoms with Gasteiger partial charge in [0.2, 0.25) is 5.91 Å². The average Bonchev–Trinajstić information content (AvgIpc) is 3.37. The summed E-state index contributed by atoms with van der Waals surface area (Å²) >= 11 is 0. The van der Waals surface area contributed by atoms with E-state index in [0.29, 0.717) is 18.6 Å². The van der Waals surface area contributed by atoms with Gasteiger partial charge in [-0.1, -0.05) is 6.42 Å². The van der Waals surface area contributed by atoms with Gasteiger partial charge in [-0.3, -0.25) is 9.59 Å². The molecule has 1 aromatic rings. The van der Waals surface area contributed by atoms with Gasteiger partial charge in [0.05, 0.1) is 19.1 Å². The Morgan fingerprint density at radius 1 is 1.22 bits per heavy atom. The molecule has 2 fully saturated rings. The molecule has 1 aromatic carbocycles. The number of carbonyl (C=O) groups is 2. The van der Waals surface area contributed by atoms with Crippen LogP contribution in [0.4, 0.5) is 10.1 Å². The normalized spacial score (nSPS) is 25.9. The van der Waals surface area contributed by atoms with Crippen LogP contribution in [0.3, 0.4) is 0 Å². The highest BCUT2D eigenvalue weighted by Crippen LogP contribution is 2.50. The molecular weight excluding hydrogens is 347 g/mol. The maximum Gasteiger partial charge on any atom is 0.306 e. The van der Waals surface area contributed by atoms with Crippen LogP contribution < -0.4 is 5.32 Å². The maximum atomic E-state index is 14.0. The predicted molar refractivity (Wildman–Crippen MR) is 99.6 cm³/mol. The quantitative estimate of drug-likeness (QED) is 0.770. The van der Waals surface area contributed by atoms with Crippen LogP contribution in [0.15, 0.2) is 18.2 Å². The Hall–Kier alpha value is -2.11. The second kappa shape index (κ2) is 7.49. The number of rotatable bonds is 6. The molecule has 4 rings (SSSR count). The average molecular weight is 374 g/mol. The van der Waals surface area contributed by atoms with Crippen LogP contribution in [0.1, 0.15) is 63.5 Å². The van der Waals surface area contributed by atoms with Gasteiger partial charge in [-0.25, -0.2) is 4.39 Å². The van der Waals surface area contributed by atoms with Crippen LogP contribution in [0, 0.1) is 11.7 Å². The molecule has 1 heterocycles. The molecule has 0 saturated heterocycles. The molecule has 0 spiro atoms. The number of nitrogens with zero attached hydrogens (tertiary/aromatic N) is 1. The zero-order valence-corrected chi connectivity index (χ0v) is 15.7. The van der Waals surface area contributed by atoms with Gasteiger partial charge in [0.15, 0.2) is 0 Å². The topological polar surface area (TPSA) is 58.6 Å². The van der Waals surface area contributed by atoms with Crippen molar-refractivity contribution in [2.45, 2.75) is 70.0 Å². The lowest BCUT2D eigenvalue weighted by atomic mass is 9.82. The van der Waals surface area contributed by atoms with Crippen LogP contribution in [0.25, 0.3) is 0 Å². The third kappa shape index (κ3) is 3.66. The number of ether oxygens (including phenoxy) is 1. The van der Waals surface area contributed by atoms with Gasteiger partial charge in [-0.05, 0) is 50.8 Å². The van der Waals surface area contributed by atoms with Crippen molar-refractivity contribution in [1.82, 2.24) is 4.90 Å². The number of carbonyl (C=O) groups excluding carboxylic acids is 2. The van der Waals surface area contributed by atoms with Crippen molar-refractivity contribution >= 4 is 17.6 Å². The van der Waals surface area contributed by atoms with E-state index in [1.54, 1.807) is 19.1 Å². The SMILES string of the molecule is CCOC(=O)CCC(=O)N(C1CC1)C1c2cc(F)ccc2NC2CCCC21. The van der Waals surface area contributed by atoms with Gasteiger partial charge in [0, 0.05) is 35.7 Å². The van der Waals surface area contributed by atoms with Crippen LogP contribution >= 0.6 is 0 Å². The lowest BCUT2D eigenvalue weighted by Gasteiger charge is -2.43. The first-order valence-electron chi connectivity index (χ1n) is 10.1. The molecule has 0 radical (unpaired) electrons. The lowest BCUT2D eigenvalue weighted by molar-refractivity contribution is -0.146. The number of anilines is 1. The van der Waals surface area contributed by atoms with Crippen molar-refractivity contribution in [3.63, 3.8) is 0 Å². The monoisotopic (exact) mass is 374 g/mol. The molecule has 1 amide bonds. The summed E-state index contributed by atoms with van der Waals surface area (Å²) in [6, 6.07) is 5.27. The minimum Gasteiger partial charge on any atom is -0.466 e. The van der Waals surface area contributed by atoms with E-state index in [9.17, 15) is 14.0 Å². The van der Waals surface area contributed by atoms with Crippen molar-refractivity contribution in [2.75, 3.05) is 11.9 Å². The molecule has 6 heteroatoms. The van der Waals surface area contributed by atoms with Gasteiger partial charge in [0.1, 0.15) is 5.82 Å². The molecule has 3 atom stereocenters. The summed E-state index contributed by atoms with van der Waals surface area (Å²) < 4.78 is 19.0. The third-order valence-corrected chi connectivity index (χ3v) is 6.02. The number of halogens is 1. The largest absolute Gasteiger partial charge is 0.466 e. The number of hydrogen-bond acceptors (Lipinski definition) is 4. The zero-order chi connectivity index (χ0) is 19.0. The summed E-state index contributed by atoms with van der Waals surface area (Å²) in [5.41, 5.74) is 1.82. The molecule has 2 saturated carbocycles. The second-order valence-electron chi connectivity index (χ2n) is 7.86. The molecule has 1 N–H and O–H groups in total. The van der Waals surface area contributed by atoms with Crippen molar-refractivity contribution in [1.29, 1.82) is 0 Å². The van der Waals surface area contributed by atoms with Crippen LogP contribution in [-0.4, -0.2) is 35.5 Å². The van der Waals surface area contributed by atoms with Crippen molar-refractivity contribution < 1.29 is 18.7 Å². The van der Waals surface area contributed by atoms with Gasteiger partial charge < -0.3 is 15.0 Å². The summed E-state index contributed by atoms with van der Waals surface area (Å²) in [6.45, 7) is 2.08. The highest BCUT2D eigenvalue weighted by Gasteiger charge is 2.47. The summed E-state index contributed by atoms with van der Waals surface area (Å²) in [5.74, 6) is -0.325. The summed E-state index contributed by atoms with van der Waals surface area (Å²) in [5, 5.41) is 3.56. The fourth-order valence-corrected chi connectivity index (χ4v) is 4.75. The van der Waals surface area contributed by atoms with Crippen LogP contribution in [0.2, 0.25) is 0 Å². The van der Waals surface area contributed by atoms with E-state index < -0.39 is 0 Å². The van der Waals surface area contributed by atoms with Gasteiger partial charge >= 0.3 is 5.97 Å². The first-order valence-corrected chi connectivity index (χ1v) is 10.1. The number of esters is 1. The lowest BCUT2D eigenvalue weighted by Crippen LogP contribution is -2.46. The van der Waals surface area contributed by atoms with Gasteiger partial charge in [0.25, 0.3) is 0 Å². The van der Waals surface area contributed by atoms with Gasteiger partial charge in [-0.2, -0.15) is 0 Å². The van der Waals surface area contributed by atoms with E-state index in [-0.39, 0.29) is 42.6 Å². The van der Waals surface area contributed by atoms with E-state index in [4.69, 9.17) is 4.74 Å². The van der Waals surface area contributed by atoms with E-state index in [1.165, 1.54) is 6.07 Å². The highest BCUT2D eigenvalue weighted by atomic mass is 19.1. The Bertz CT molecular complexity index is 734. The molecule has 1 aliphatic heterocycles. The molecule has 5 nitrogen and oxygen atoms in total. The fraction of sp³-hybridized carbons (Fsp3) is 0.619. The molecule has 2 aliphatic carbocycles. The smallest absolute Gasteiger partial charge is 0.306 e. The Morgan fingerprint density at radius 3 is 2.78 bits per heavy atom. The van der Waals surface area contributed by atoms with Crippen molar-refractivity contribution in [2.24, 2.45) is 5.92 Å². The molecule has 3 unspecified atom stereocenters. The molecule has 0 bridgehead atoms. The predicted octanol–water partition coefficient (Wildman–Crippen LogP) is 3.80. The van der Waals surface area contributed by atoms with Crippen molar-refractivity contribution in [3.8, 4) is 0 Å². The Morgan fingerprint density at radius 2 is 2.04 bits per heavy atom. The molecule has 27 heavy (non-hydrogen) atoms. The Balaban J connectivity index is 1.62. The zero-order valence-electron chi connectivity index (χ0n) is 15.7. The van der Waals surface area contributed by atoms with E-state index in [2.05, 4.69) is 5.32 Å². The van der Waals surface area contributed by atoms with Crippen molar-refractivity contribution in [3.05, 3.63) is 29.6 Å². The van der Waals surface area contributed by atoms with E-state index >= 15 is 0 Å². The Kier molecular flexibility index (Phi) is 5.06. The summed E-state index contributed by atoms with van der Waals surface area (Å²) in [4.78, 5) is 26.8. The Labute approximate surface area is 159 Å². The highest BCUT2D eigenvalue weighted by molar-refractivity contribution is 5.82. The first-order chi connectivity index (χ1) is 13.1. The van der Waals surface area contributed by atoms with Crippen LogP contribution in [-0.2, 0) is 14.3 Å². The first kappa shape index (κ1) is 18.3. The van der Waals surface area contributed by atoms with Gasteiger partial charge in [-0.15, -0.1) is 0 Å². The summed E-state index contributed by atoms with van der Waals surface area (Å²) in [7, 11) is 0. The summed E-state index contributed by atoms with van der Waals surface area (Å²) in [6.07, 6.45) is 5.45. The number of hydrogen-bond donors (Lipinski definition) is 1. The third-order valence-electron chi connectivity index (χ3n) is 6.02. The standard InChI is InChI=1S/C21H27FN2O3/c1-2-27-20(26)11-10-19(25)24(14-7-8-14)21-15-4-3-5-17(15)23-18-9-6-13(22)12-16(18)21/h6,9,12,14-15,17,21,23H,2-5,7-8,10-11H2,1H3. The molecule has 3 aliphatic rings. The number of amides is 1. The minimum absolute atomic E-state index is 0.0154. The molecule has 0 aromatic heterocycles. The fourth-order valence-electron chi connectivity index (χ4n) is 4.75. The molecular formula is C21H27FN2O3. The van der Waals surface area contributed by atoms with E-state index in [0.717, 1.165) is 43.4 Å². The minimum atomic E-state index is -0.336. The number of fused-ring (bicyclic) bond motifs is 2. The molecule has 146 valence electrons. The maximum absolute atomic E-state index is 14.0. The number of nitrogens with one attached hydrogen (secondary N) is 1. The van der Waals surface area contributed by atoms with E-state index in [1.807, 2.05) is 4.90 Å².